The molecule has 2 nitrogen and oxygen atoms in total. The fourth-order valence-corrected chi connectivity index (χ4v) is 3.95. The molecule has 0 heterocycles. The van der Waals surface area contributed by atoms with Crippen LogP contribution in [0.2, 0.25) is 0 Å². The van der Waals surface area contributed by atoms with Crippen LogP contribution in [0.5, 0.6) is 11.5 Å². The van der Waals surface area contributed by atoms with Crippen LogP contribution in [0, 0.1) is 11.8 Å². The fourth-order valence-electron chi connectivity index (χ4n) is 3.95. The van der Waals surface area contributed by atoms with Crippen molar-refractivity contribution in [2.45, 2.75) is 84.5 Å². The van der Waals surface area contributed by atoms with Gasteiger partial charge in [-0.2, -0.15) is 0 Å². The lowest BCUT2D eigenvalue weighted by Gasteiger charge is -2.28. The summed E-state index contributed by atoms with van der Waals surface area (Å²) in [5, 5.41) is 0. The van der Waals surface area contributed by atoms with E-state index in [1.165, 1.54) is 64.2 Å². The van der Waals surface area contributed by atoms with Crippen LogP contribution in [0.4, 0.5) is 0 Å². The van der Waals surface area contributed by atoms with Gasteiger partial charge in [-0.1, -0.05) is 65.2 Å². The average molecular weight is 347 g/mol. The zero-order valence-electron chi connectivity index (χ0n) is 16.5. The highest BCUT2D eigenvalue weighted by Gasteiger charge is 2.20. The zero-order chi connectivity index (χ0) is 17.7. The van der Waals surface area contributed by atoms with Crippen molar-refractivity contribution in [1.82, 2.24) is 0 Å². The maximum atomic E-state index is 5.90. The Hall–Kier alpha value is -1.18. The van der Waals surface area contributed by atoms with Gasteiger partial charge in [0.25, 0.3) is 0 Å². The highest BCUT2D eigenvalue weighted by atomic mass is 16.5. The van der Waals surface area contributed by atoms with Gasteiger partial charge >= 0.3 is 0 Å². The van der Waals surface area contributed by atoms with E-state index >= 15 is 0 Å². The maximum absolute atomic E-state index is 5.90. The van der Waals surface area contributed by atoms with Gasteiger partial charge in [-0.05, 0) is 55.4 Å². The Labute approximate surface area is 155 Å². The van der Waals surface area contributed by atoms with Crippen LogP contribution >= 0.6 is 0 Å². The van der Waals surface area contributed by atoms with Gasteiger partial charge in [0.2, 0.25) is 0 Å². The fraction of sp³-hybridized carbons (Fsp3) is 0.739. The average Bonchev–Trinajstić information content (AvgIpc) is 2.65. The molecule has 0 amide bonds. The Morgan fingerprint density at radius 2 is 1.20 bits per heavy atom. The molecule has 0 aliphatic heterocycles. The minimum atomic E-state index is 0.814. The second-order valence-electron chi connectivity index (χ2n) is 7.69. The first-order valence-corrected chi connectivity index (χ1v) is 10.7. The van der Waals surface area contributed by atoms with Crippen molar-refractivity contribution in [1.29, 1.82) is 0 Å². The lowest BCUT2D eigenvalue weighted by Crippen LogP contribution is -2.15. The first-order chi connectivity index (χ1) is 12.3. The van der Waals surface area contributed by atoms with Crippen molar-refractivity contribution >= 4 is 0 Å². The number of hydrogen-bond donors (Lipinski definition) is 0. The number of benzene rings is 1. The van der Waals surface area contributed by atoms with E-state index in [1.54, 1.807) is 0 Å². The van der Waals surface area contributed by atoms with Gasteiger partial charge in [0.15, 0.2) is 0 Å². The standard InChI is InChI=1S/C23H38O2/c1-3-5-6-18-24-22-14-16-23(17-15-22)25-19-7-9-21-12-10-20(8-4-2)11-13-21/h14-17,20-21H,3-13,18-19H2,1-2H3/t20-,21-. The van der Waals surface area contributed by atoms with Crippen LogP contribution < -0.4 is 9.47 Å². The Kier molecular flexibility index (Phi) is 9.84. The molecule has 0 atom stereocenters. The van der Waals surface area contributed by atoms with Gasteiger partial charge in [0.05, 0.1) is 13.2 Å². The largest absolute Gasteiger partial charge is 0.494 e. The van der Waals surface area contributed by atoms with Crippen LogP contribution in [0.1, 0.15) is 84.5 Å². The van der Waals surface area contributed by atoms with E-state index < -0.39 is 0 Å². The first-order valence-electron chi connectivity index (χ1n) is 10.7. The molecule has 142 valence electrons. The van der Waals surface area contributed by atoms with E-state index in [-0.39, 0.29) is 0 Å². The molecule has 25 heavy (non-hydrogen) atoms. The second-order valence-corrected chi connectivity index (χ2v) is 7.69. The van der Waals surface area contributed by atoms with E-state index in [2.05, 4.69) is 13.8 Å². The van der Waals surface area contributed by atoms with Crippen molar-refractivity contribution in [2.75, 3.05) is 13.2 Å². The first kappa shape index (κ1) is 20.1. The Bertz CT molecular complexity index is 432. The van der Waals surface area contributed by atoms with Gasteiger partial charge in [0.1, 0.15) is 11.5 Å². The zero-order valence-corrected chi connectivity index (χ0v) is 16.5. The summed E-state index contributed by atoms with van der Waals surface area (Å²) in [6.07, 6.45) is 14.7. The highest BCUT2D eigenvalue weighted by Crippen LogP contribution is 2.33. The molecule has 1 aromatic rings. The summed E-state index contributed by atoms with van der Waals surface area (Å²) >= 11 is 0. The third-order valence-corrected chi connectivity index (χ3v) is 5.53. The SMILES string of the molecule is CCCCCOc1ccc(OCCC[C@H]2CC[C@H](CCC)CC2)cc1. The topological polar surface area (TPSA) is 18.5 Å². The molecule has 1 fully saturated rings. The number of rotatable bonds is 12. The van der Waals surface area contributed by atoms with E-state index in [1.807, 2.05) is 24.3 Å². The monoisotopic (exact) mass is 346 g/mol. The molecule has 1 aliphatic carbocycles. The lowest BCUT2D eigenvalue weighted by molar-refractivity contribution is 0.230. The van der Waals surface area contributed by atoms with Gasteiger partial charge in [-0.15, -0.1) is 0 Å². The lowest BCUT2D eigenvalue weighted by atomic mass is 9.78. The van der Waals surface area contributed by atoms with Crippen molar-refractivity contribution in [3.05, 3.63) is 24.3 Å². The van der Waals surface area contributed by atoms with E-state index in [4.69, 9.17) is 9.47 Å². The molecule has 1 saturated carbocycles. The molecule has 1 aromatic carbocycles. The van der Waals surface area contributed by atoms with Crippen LogP contribution in [-0.2, 0) is 0 Å². The molecule has 0 spiro atoms. The number of unbranched alkanes of at least 4 members (excludes halogenated alkanes) is 2. The highest BCUT2D eigenvalue weighted by molar-refractivity contribution is 5.31. The molecular formula is C23H38O2. The summed E-state index contributed by atoms with van der Waals surface area (Å²) in [4.78, 5) is 0. The molecule has 0 radical (unpaired) electrons. The number of ether oxygens (including phenoxy) is 2. The van der Waals surface area contributed by atoms with Gasteiger partial charge in [-0.3, -0.25) is 0 Å². The summed E-state index contributed by atoms with van der Waals surface area (Å²) in [7, 11) is 0. The van der Waals surface area contributed by atoms with E-state index in [9.17, 15) is 0 Å². The van der Waals surface area contributed by atoms with Crippen LogP contribution in [0.3, 0.4) is 0 Å². The third kappa shape index (κ3) is 8.16. The predicted octanol–water partition coefficient (Wildman–Crippen LogP) is 7.02. The number of hydrogen-bond acceptors (Lipinski definition) is 2. The Morgan fingerprint density at radius 3 is 1.72 bits per heavy atom. The molecule has 2 heteroatoms. The van der Waals surface area contributed by atoms with E-state index in [0.717, 1.165) is 43.0 Å². The normalized spacial score (nSPS) is 20.4. The Morgan fingerprint density at radius 1 is 0.680 bits per heavy atom. The summed E-state index contributed by atoms with van der Waals surface area (Å²) in [5.74, 6) is 3.87. The molecule has 1 aliphatic rings. The quantitative estimate of drug-likeness (QED) is 0.378. The van der Waals surface area contributed by atoms with Gasteiger partial charge in [0, 0.05) is 0 Å². The smallest absolute Gasteiger partial charge is 0.119 e. The van der Waals surface area contributed by atoms with Crippen LogP contribution in [-0.4, -0.2) is 13.2 Å². The molecule has 0 aromatic heterocycles. The van der Waals surface area contributed by atoms with Crippen LogP contribution in [0.15, 0.2) is 24.3 Å². The molecule has 0 bridgehead atoms. The minimum absolute atomic E-state index is 0.814. The Balaban J connectivity index is 1.54. The molecule has 0 unspecified atom stereocenters. The van der Waals surface area contributed by atoms with Gasteiger partial charge < -0.3 is 9.47 Å². The third-order valence-electron chi connectivity index (χ3n) is 5.53. The van der Waals surface area contributed by atoms with Crippen molar-refractivity contribution in [3.8, 4) is 11.5 Å². The predicted molar refractivity (Wildman–Crippen MR) is 107 cm³/mol. The summed E-state index contributed by atoms with van der Waals surface area (Å²) in [6.45, 7) is 6.18. The summed E-state index contributed by atoms with van der Waals surface area (Å²) in [5.41, 5.74) is 0. The molecule has 0 N–H and O–H groups in total. The van der Waals surface area contributed by atoms with Crippen LogP contribution in [0.25, 0.3) is 0 Å². The molecular weight excluding hydrogens is 308 g/mol. The summed E-state index contributed by atoms with van der Waals surface area (Å²) < 4.78 is 11.6. The van der Waals surface area contributed by atoms with Crippen molar-refractivity contribution in [3.63, 3.8) is 0 Å². The second kappa shape index (κ2) is 12.2. The van der Waals surface area contributed by atoms with Gasteiger partial charge in [-0.25, -0.2) is 0 Å². The minimum Gasteiger partial charge on any atom is -0.494 e. The van der Waals surface area contributed by atoms with E-state index in [0.29, 0.717) is 0 Å². The molecule has 2 rings (SSSR count). The maximum Gasteiger partial charge on any atom is 0.119 e. The van der Waals surface area contributed by atoms with Crippen molar-refractivity contribution < 1.29 is 9.47 Å². The van der Waals surface area contributed by atoms with Crippen molar-refractivity contribution in [2.24, 2.45) is 11.8 Å². The summed E-state index contributed by atoms with van der Waals surface area (Å²) in [6, 6.07) is 8.11. The molecule has 0 saturated heterocycles.